The molecule has 1 aromatic carbocycles. The Morgan fingerprint density at radius 2 is 2.05 bits per heavy atom. The van der Waals surface area contributed by atoms with Gasteiger partial charge in [0.25, 0.3) is 11.6 Å². The number of nitro groups is 1. The summed E-state index contributed by atoms with van der Waals surface area (Å²) in [7, 11) is 1.67. The second kappa shape index (κ2) is 7.03. The third kappa shape index (κ3) is 4.42. The van der Waals surface area contributed by atoms with E-state index in [0.29, 0.717) is 0 Å². The lowest BCUT2D eigenvalue weighted by Gasteiger charge is -2.22. The molecule has 0 aliphatic rings. The number of amides is 1. The fraction of sp³-hybridized carbons (Fsp3) is 0.500. The lowest BCUT2D eigenvalue weighted by atomic mass is 10.1. The second-order valence-electron chi connectivity index (χ2n) is 5.04. The summed E-state index contributed by atoms with van der Waals surface area (Å²) in [5.41, 5.74) is 0.146. The Labute approximate surface area is 123 Å². The summed E-state index contributed by atoms with van der Waals surface area (Å²) < 4.78 is 5.39. The number of rotatable bonds is 6. The molecule has 116 valence electrons. The predicted molar refractivity (Wildman–Crippen MR) is 77.1 cm³/mol. The average Bonchev–Trinajstić information content (AvgIpc) is 2.43. The van der Waals surface area contributed by atoms with Gasteiger partial charge in [-0.1, -0.05) is 0 Å². The minimum absolute atomic E-state index is 0.0502. The van der Waals surface area contributed by atoms with E-state index in [1.54, 1.807) is 7.05 Å². The van der Waals surface area contributed by atoms with Crippen LogP contribution in [0.5, 0.6) is 5.75 Å². The first-order valence-electron chi connectivity index (χ1n) is 6.59. The number of likely N-dealkylation sites (N-methyl/N-ethyl adjacent to an activating group) is 1. The van der Waals surface area contributed by atoms with E-state index in [4.69, 9.17) is 4.74 Å². The largest absolute Gasteiger partial charge is 0.483 e. The number of carbonyl (C=O) groups excluding carboxylic acids is 1. The van der Waals surface area contributed by atoms with Gasteiger partial charge in [0.1, 0.15) is 5.75 Å². The number of nitrogens with zero attached hydrogens (tertiary/aromatic N) is 2. The van der Waals surface area contributed by atoms with Crippen molar-refractivity contribution < 1.29 is 19.6 Å². The molecule has 7 nitrogen and oxygen atoms in total. The number of hydrogen-bond donors (Lipinski definition) is 1. The van der Waals surface area contributed by atoms with Crippen LogP contribution in [0.25, 0.3) is 0 Å². The van der Waals surface area contributed by atoms with Gasteiger partial charge in [0.05, 0.1) is 11.0 Å². The minimum Gasteiger partial charge on any atom is -0.483 e. The Hall–Kier alpha value is -2.15. The zero-order valence-electron chi connectivity index (χ0n) is 12.6. The highest BCUT2D eigenvalue weighted by Crippen LogP contribution is 2.29. The van der Waals surface area contributed by atoms with Crippen LogP contribution in [0.15, 0.2) is 18.2 Å². The lowest BCUT2D eigenvalue weighted by Crippen LogP contribution is -2.36. The van der Waals surface area contributed by atoms with E-state index in [2.05, 4.69) is 0 Å². The molecule has 0 radical (unpaired) electrons. The maximum Gasteiger partial charge on any atom is 0.270 e. The zero-order chi connectivity index (χ0) is 16.2. The van der Waals surface area contributed by atoms with Crippen LogP contribution in [0, 0.1) is 10.1 Å². The van der Waals surface area contributed by atoms with Gasteiger partial charge < -0.3 is 14.7 Å². The lowest BCUT2D eigenvalue weighted by molar-refractivity contribution is -0.385. The van der Waals surface area contributed by atoms with Crippen LogP contribution in [0.4, 0.5) is 5.69 Å². The standard InChI is InChI=1S/C14H20N2O5/c1-9(2)15(4)14(18)8-21-13-6-5-11(16(19)20)7-12(13)10(3)17/h5-7,9-10,17H,8H2,1-4H3/t10-/m1/s1. The van der Waals surface area contributed by atoms with Gasteiger partial charge >= 0.3 is 0 Å². The monoisotopic (exact) mass is 296 g/mol. The molecule has 0 saturated heterocycles. The zero-order valence-corrected chi connectivity index (χ0v) is 12.6. The van der Waals surface area contributed by atoms with Crippen LogP contribution in [0.2, 0.25) is 0 Å². The highest BCUT2D eigenvalue weighted by atomic mass is 16.6. The van der Waals surface area contributed by atoms with E-state index in [1.807, 2.05) is 13.8 Å². The highest BCUT2D eigenvalue weighted by molar-refractivity contribution is 5.77. The van der Waals surface area contributed by atoms with Crippen molar-refractivity contribution in [3.63, 3.8) is 0 Å². The molecular weight excluding hydrogens is 276 g/mol. The molecular formula is C14H20N2O5. The van der Waals surface area contributed by atoms with E-state index in [0.717, 1.165) is 0 Å². The molecule has 0 heterocycles. The van der Waals surface area contributed by atoms with Crippen molar-refractivity contribution in [3.05, 3.63) is 33.9 Å². The molecule has 0 bridgehead atoms. The topological polar surface area (TPSA) is 92.9 Å². The van der Waals surface area contributed by atoms with Crippen LogP contribution >= 0.6 is 0 Å². The number of nitro benzene ring substituents is 1. The first-order valence-corrected chi connectivity index (χ1v) is 6.59. The van der Waals surface area contributed by atoms with Crippen molar-refractivity contribution in [2.24, 2.45) is 0 Å². The second-order valence-corrected chi connectivity index (χ2v) is 5.04. The van der Waals surface area contributed by atoms with Crippen LogP contribution in [0.3, 0.4) is 0 Å². The average molecular weight is 296 g/mol. The minimum atomic E-state index is -0.933. The van der Waals surface area contributed by atoms with Crippen LogP contribution in [0.1, 0.15) is 32.4 Å². The Kier molecular flexibility index (Phi) is 5.66. The molecule has 0 saturated carbocycles. The van der Waals surface area contributed by atoms with Crippen LogP contribution < -0.4 is 4.74 Å². The van der Waals surface area contributed by atoms with Gasteiger partial charge in [-0.05, 0) is 26.8 Å². The molecule has 1 N–H and O–H groups in total. The Balaban J connectivity index is 2.88. The number of hydrogen-bond acceptors (Lipinski definition) is 5. The van der Waals surface area contributed by atoms with E-state index < -0.39 is 11.0 Å². The van der Waals surface area contributed by atoms with Gasteiger partial charge in [-0.2, -0.15) is 0 Å². The van der Waals surface area contributed by atoms with Gasteiger partial charge in [-0.3, -0.25) is 14.9 Å². The number of benzene rings is 1. The van der Waals surface area contributed by atoms with Crippen molar-refractivity contribution in [1.29, 1.82) is 0 Å². The maximum absolute atomic E-state index is 11.8. The summed E-state index contributed by atoms with van der Waals surface area (Å²) in [6.45, 7) is 5.05. The van der Waals surface area contributed by atoms with Crippen molar-refractivity contribution >= 4 is 11.6 Å². The first-order chi connectivity index (χ1) is 9.73. The van der Waals surface area contributed by atoms with E-state index in [-0.39, 0.29) is 35.6 Å². The number of aliphatic hydroxyl groups excluding tert-OH is 1. The molecule has 0 spiro atoms. The number of carbonyl (C=O) groups is 1. The fourth-order valence-electron chi connectivity index (χ4n) is 1.64. The summed E-state index contributed by atoms with van der Waals surface area (Å²) in [5.74, 6) is 0.0565. The molecule has 21 heavy (non-hydrogen) atoms. The van der Waals surface area contributed by atoms with E-state index >= 15 is 0 Å². The molecule has 0 unspecified atom stereocenters. The van der Waals surface area contributed by atoms with Crippen molar-refractivity contribution in [2.45, 2.75) is 32.9 Å². The summed E-state index contributed by atoms with van der Waals surface area (Å²) in [6.07, 6.45) is -0.933. The van der Waals surface area contributed by atoms with E-state index in [9.17, 15) is 20.0 Å². The predicted octanol–water partition coefficient (Wildman–Crippen LogP) is 1.89. The molecule has 0 aliphatic heterocycles. The highest BCUT2D eigenvalue weighted by Gasteiger charge is 2.18. The molecule has 7 heteroatoms. The summed E-state index contributed by atoms with van der Waals surface area (Å²) in [4.78, 5) is 23.6. The van der Waals surface area contributed by atoms with E-state index in [1.165, 1.54) is 30.0 Å². The quantitative estimate of drug-likeness (QED) is 0.639. The summed E-state index contributed by atoms with van der Waals surface area (Å²) in [6, 6.07) is 3.96. The van der Waals surface area contributed by atoms with Crippen molar-refractivity contribution in [2.75, 3.05) is 13.7 Å². The summed E-state index contributed by atoms with van der Waals surface area (Å²) in [5, 5.41) is 20.4. The molecule has 1 rings (SSSR count). The maximum atomic E-state index is 11.8. The molecule has 1 aromatic rings. The Morgan fingerprint density at radius 1 is 1.43 bits per heavy atom. The SMILES string of the molecule is CC(C)N(C)C(=O)COc1ccc([N+](=O)[O-])cc1[C@@H](C)O. The fourth-order valence-corrected chi connectivity index (χ4v) is 1.64. The third-order valence-corrected chi connectivity index (χ3v) is 3.17. The third-order valence-electron chi connectivity index (χ3n) is 3.17. The number of aliphatic hydroxyl groups is 1. The van der Waals surface area contributed by atoms with Crippen LogP contribution in [-0.4, -0.2) is 40.5 Å². The molecule has 1 amide bonds. The van der Waals surface area contributed by atoms with Gasteiger partial charge in [0.2, 0.25) is 0 Å². The number of non-ortho nitro benzene ring substituents is 1. The van der Waals surface area contributed by atoms with Gasteiger partial charge in [0, 0.05) is 30.8 Å². The molecule has 0 fully saturated rings. The number of ether oxygens (including phenoxy) is 1. The van der Waals surface area contributed by atoms with Gasteiger partial charge in [0.15, 0.2) is 6.61 Å². The molecule has 0 aromatic heterocycles. The first kappa shape index (κ1) is 16.9. The van der Waals surface area contributed by atoms with Crippen LogP contribution in [-0.2, 0) is 4.79 Å². The van der Waals surface area contributed by atoms with Gasteiger partial charge in [-0.15, -0.1) is 0 Å². The smallest absolute Gasteiger partial charge is 0.270 e. The normalized spacial score (nSPS) is 12.1. The van der Waals surface area contributed by atoms with Gasteiger partial charge in [-0.25, -0.2) is 0 Å². The Bertz CT molecular complexity index is 528. The van der Waals surface area contributed by atoms with Crippen molar-refractivity contribution in [3.8, 4) is 5.75 Å². The Morgan fingerprint density at radius 3 is 2.52 bits per heavy atom. The van der Waals surface area contributed by atoms with Crippen molar-refractivity contribution in [1.82, 2.24) is 4.90 Å². The molecule has 0 aliphatic carbocycles. The molecule has 1 atom stereocenters. The summed E-state index contributed by atoms with van der Waals surface area (Å²) >= 11 is 0.